The van der Waals surface area contributed by atoms with Crippen molar-refractivity contribution >= 4 is 39.1 Å². The zero-order valence-electron chi connectivity index (χ0n) is 16.0. The first kappa shape index (κ1) is 21.8. The summed E-state index contributed by atoms with van der Waals surface area (Å²) in [6, 6.07) is 5.10. The van der Waals surface area contributed by atoms with Gasteiger partial charge in [0.25, 0.3) is 0 Å². The summed E-state index contributed by atoms with van der Waals surface area (Å²) in [6.07, 6.45) is 3.05. The van der Waals surface area contributed by atoms with Crippen molar-refractivity contribution < 1.29 is 13.2 Å². The van der Waals surface area contributed by atoms with E-state index in [1.54, 1.807) is 18.2 Å². The number of carbonyl (C=O) groups is 1. The molecule has 0 unspecified atom stereocenters. The Hall–Kier alpha value is -0.860. The van der Waals surface area contributed by atoms with Gasteiger partial charge in [0.05, 0.1) is 15.8 Å². The minimum absolute atomic E-state index is 0.0658. The Morgan fingerprint density at radius 2 is 1.71 bits per heavy atom. The van der Waals surface area contributed by atoms with E-state index in [-0.39, 0.29) is 23.6 Å². The number of rotatable bonds is 5. The summed E-state index contributed by atoms with van der Waals surface area (Å²) >= 11 is 11.9. The third-order valence-electron chi connectivity index (χ3n) is 5.62. The summed E-state index contributed by atoms with van der Waals surface area (Å²) in [4.78, 5) is 14.8. The Bertz CT molecular complexity index is 803. The van der Waals surface area contributed by atoms with Crippen LogP contribution < -0.4 is 5.32 Å². The van der Waals surface area contributed by atoms with Crippen LogP contribution in [0, 0.1) is 5.92 Å². The molecule has 2 aliphatic heterocycles. The molecule has 9 heteroatoms. The first-order chi connectivity index (χ1) is 13.2. The van der Waals surface area contributed by atoms with Gasteiger partial charge in [-0.15, -0.1) is 0 Å². The van der Waals surface area contributed by atoms with Crippen LogP contribution in [-0.2, 0) is 20.6 Å². The largest absolute Gasteiger partial charge is 0.353 e. The SMILES string of the molecule is CN1CCC(NC(=O)C2CCN(S(=O)(=O)Cc3ccc(Cl)c(Cl)c3)CC2)CC1. The van der Waals surface area contributed by atoms with Crippen molar-refractivity contribution in [2.45, 2.75) is 37.5 Å². The molecule has 0 saturated carbocycles. The van der Waals surface area contributed by atoms with Crippen molar-refractivity contribution in [1.82, 2.24) is 14.5 Å². The zero-order chi connectivity index (χ0) is 20.3. The number of sulfonamides is 1. The van der Waals surface area contributed by atoms with E-state index in [2.05, 4.69) is 17.3 Å². The first-order valence-electron chi connectivity index (χ1n) is 9.65. The molecule has 1 aromatic carbocycles. The van der Waals surface area contributed by atoms with Crippen molar-refractivity contribution in [2.75, 3.05) is 33.2 Å². The van der Waals surface area contributed by atoms with Crippen LogP contribution in [-0.4, -0.2) is 62.8 Å². The van der Waals surface area contributed by atoms with Gasteiger partial charge in [-0.3, -0.25) is 4.79 Å². The molecule has 2 fully saturated rings. The van der Waals surface area contributed by atoms with E-state index in [1.165, 1.54) is 4.31 Å². The maximum atomic E-state index is 12.7. The Morgan fingerprint density at radius 3 is 2.32 bits per heavy atom. The second-order valence-corrected chi connectivity index (χ2v) is 10.5. The van der Waals surface area contributed by atoms with Crippen LogP contribution in [0.5, 0.6) is 0 Å². The van der Waals surface area contributed by atoms with E-state index in [0.717, 1.165) is 25.9 Å². The highest BCUT2D eigenvalue weighted by atomic mass is 35.5. The molecule has 0 radical (unpaired) electrons. The third kappa shape index (κ3) is 5.60. The lowest BCUT2D eigenvalue weighted by Crippen LogP contribution is -2.48. The van der Waals surface area contributed by atoms with Crippen LogP contribution in [0.15, 0.2) is 18.2 Å². The molecule has 0 aliphatic carbocycles. The van der Waals surface area contributed by atoms with Crippen LogP contribution in [0.3, 0.4) is 0 Å². The summed E-state index contributed by atoms with van der Waals surface area (Å²) in [5, 5.41) is 3.90. The number of hydrogen-bond donors (Lipinski definition) is 1. The summed E-state index contributed by atoms with van der Waals surface area (Å²) < 4.78 is 26.9. The molecule has 156 valence electrons. The maximum absolute atomic E-state index is 12.7. The van der Waals surface area contributed by atoms with Gasteiger partial charge in [0, 0.05) is 25.0 Å². The third-order valence-corrected chi connectivity index (χ3v) is 8.21. The molecule has 0 spiro atoms. The number of halogens is 2. The molecule has 2 heterocycles. The van der Waals surface area contributed by atoms with Crippen LogP contribution in [0.4, 0.5) is 0 Å². The minimum atomic E-state index is -3.45. The van der Waals surface area contributed by atoms with Crippen molar-refractivity contribution in [3.05, 3.63) is 33.8 Å². The fraction of sp³-hybridized carbons (Fsp3) is 0.632. The van der Waals surface area contributed by atoms with Gasteiger partial charge in [0.2, 0.25) is 15.9 Å². The number of nitrogens with one attached hydrogen (secondary N) is 1. The number of piperidine rings is 2. The molecule has 28 heavy (non-hydrogen) atoms. The molecule has 2 aliphatic rings. The van der Waals surface area contributed by atoms with Gasteiger partial charge in [-0.2, -0.15) is 0 Å². The van der Waals surface area contributed by atoms with E-state index in [0.29, 0.717) is 41.5 Å². The second-order valence-electron chi connectivity index (χ2n) is 7.76. The van der Waals surface area contributed by atoms with Gasteiger partial charge in [-0.1, -0.05) is 29.3 Å². The van der Waals surface area contributed by atoms with Gasteiger partial charge in [-0.05, 0) is 63.5 Å². The molecular weight excluding hydrogens is 421 g/mol. The fourth-order valence-electron chi connectivity index (χ4n) is 3.80. The highest BCUT2D eigenvalue weighted by molar-refractivity contribution is 7.88. The maximum Gasteiger partial charge on any atom is 0.223 e. The van der Waals surface area contributed by atoms with Crippen LogP contribution >= 0.6 is 23.2 Å². The van der Waals surface area contributed by atoms with Crippen LogP contribution in [0.1, 0.15) is 31.2 Å². The topological polar surface area (TPSA) is 69.7 Å². The number of carbonyl (C=O) groups excluding carboxylic acids is 1. The van der Waals surface area contributed by atoms with Crippen molar-refractivity contribution in [3.63, 3.8) is 0 Å². The Labute approximate surface area is 177 Å². The summed E-state index contributed by atoms with van der Waals surface area (Å²) in [5.41, 5.74) is 0.608. The lowest BCUT2D eigenvalue weighted by Gasteiger charge is -2.33. The standard InChI is InChI=1S/C19H27Cl2N3O3S/c1-23-8-6-16(7-9-23)22-19(25)15-4-10-24(11-5-15)28(26,27)13-14-2-3-17(20)18(21)12-14/h2-3,12,15-16H,4-11,13H2,1H3,(H,22,25). The summed E-state index contributed by atoms with van der Waals surface area (Å²) in [5.74, 6) is -0.164. The Kier molecular flexibility index (Phi) is 7.26. The van der Waals surface area contributed by atoms with E-state index >= 15 is 0 Å². The molecule has 6 nitrogen and oxygen atoms in total. The molecule has 2 saturated heterocycles. The highest BCUT2D eigenvalue weighted by Gasteiger charge is 2.32. The molecular formula is C19H27Cl2N3O3S. The molecule has 0 aromatic heterocycles. The number of likely N-dealkylation sites (tertiary alicyclic amines) is 1. The predicted octanol–water partition coefficient (Wildman–Crippen LogP) is 2.75. The van der Waals surface area contributed by atoms with Crippen molar-refractivity contribution in [3.8, 4) is 0 Å². The summed E-state index contributed by atoms with van der Waals surface area (Å²) in [6.45, 7) is 2.73. The molecule has 1 aromatic rings. The Balaban J connectivity index is 1.51. The first-order valence-corrected chi connectivity index (χ1v) is 12.0. The number of benzene rings is 1. The van der Waals surface area contributed by atoms with E-state index in [1.807, 2.05) is 0 Å². The van der Waals surface area contributed by atoms with Crippen LogP contribution in [0.2, 0.25) is 10.0 Å². The molecule has 3 rings (SSSR count). The van der Waals surface area contributed by atoms with Gasteiger partial charge < -0.3 is 10.2 Å². The fourth-order valence-corrected chi connectivity index (χ4v) is 5.67. The van der Waals surface area contributed by atoms with Gasteiger partial charge in [-0.25, -0.2) is 12.7 Å². The second kappa shape index (κ2) is 9.30. The number of amides is 1. The Morgan fingerprint density at radius 1 is 1.07 bits per heavy atom. The van der Waals surface area contributed by atoms with Crippen molar-refractivity contribution in [1.29, 1.82) is 0 Å². The van der Waals surface area contributed by atoms with Crippen LogP contribution in [0.25, 0.3) is 0 Å². The van der Waals surface area contributed by atoms with E-state index in [4.69, 9.17) is 23.2 Å². The predicted molar refractivity (Wildman–Crippen MR) is 112 cm³/mol. The molecule has 0 bridgehead atoms. The average Bonchev–Trinajstić information content (AvgIpc) is 2.66. The average molecular weight is 448 g/mol. The number of hydrogen-bond acceptors (Lipinski definition) is 4. The minimum Gasteiger partial charge on any atom is -0.353 e. The lowest BCUT2D eigenvalue weighted by molar-refractivity contribution is -0.127. The number of nitrogens with zero attached hydrogens (tertiary/aromatic N) is 2. The molecule has 1 amide bonds. The van der Waals surface area contributed by atoms with E-state index < -0.39 is 10.0 Å². The lowest BCUT2D eigenvalue weighted by atomic mass is 9.96. The van der Waals surface area contributed by atoms with Gasteiger partial charge in [0.15, 0.2) is 0 Å². The zero-order valence-corrected chi connectivity index (χ0v) is 18.4. The van der Waals surface area contributed by atoms with E-state index in [9.17, 15) is 13.2 Å². The molecule has 1 N–H and O–H groups in total. The normalized spacial score (nSPS) is 21.0. The summed E-state index contributed by atoms with van der Waals surface area (Å²) in [7, 11) is -1.36. The van der Waals surface area contributed by atoms with Gasteiger partial charge >= 0.3 is 0 Å². The molecule has 0 atom stereocenters. The monoisotopic (exact) mass is 447 g/mol. The van der Waals surface area contributed by atoms with Gasteiger partial charge in [0.1, 0.15) is 0 Å². The highest BCUT2D eigenvalue weighted by Crippen LogP contribution is 2.26. The quantitative estimate of drug-likeness (QED) is 0.752. The van der Waals surface area contributed by atoms with Crippen molar-refractivity contribution in [2.24, 2.45) is 5.92 Å². The smallest absolute Gasteiger partial charge is 0.223 e.